The maximum Gasteiger partial charge on any atom is 0.223 e. The summed E-state index contributed by atoms with van der Waals surface area (Å²) in [5.41, 5.74) is 2.99. The molecule has 0 unspecified atom stereocenters. The number of benzene rings is 2. The van der Waals surface area contributed by atoms with E-state index in [0.717, 1.165) is 18.4 Å². The lowest BCUT2D eigenvalue weighted by Crippen LogP contribution is -2.34. The maximum absolute atomic E-state index is 12.2. The van der Waals surface area contributed by atoms with Crippen LogP contribution in [0.5, 0.6) is 5.75 Å². The fraction of sp³-hybridized carbons (Fsp3) is 0.364. The van der Waals surface area contributed by atoms with Crippen molar-refractivity contribution >= 4 is 17.5 Å². The molecule has 1 N–H and O–H groups in total. The Balaban J connectivity index is 1.84. The van der Waals surface area contributed by atoms with Gasteiger partial charge in [0, 0.05) is 26.4 Å². The van der Waals surface area contributed by atoms with Gasteiger partial charge in [0.2, 0.25) is 11.8 Å². The summed E-state index contributed by atoms with van der Waals surface area (Å²) in [6, 6.07) is 15.9. The SMILES string of the molecule is COc1ccc(C)cc1N(CCC(=O)NCCCc1ccccc1)C(C)=O. The van der Waals surface area contributed by atoms with Crippen molar-refractivity contribution in [3.63, 3.8) is 0 Å². The molecule has 0 aliphatic rings. The summed E-state index contributed by atoms with van der Waals surface area (Å²) in [5, 5.41) is 2.93. The molecule has 0 spiro atoms. The van der Waals surface area contributed by atoms with Gasteiger partial charge in [0.15, 0.2) is 0 Å². The lowest BCUT2D eigenvalue weighted by atomic mass is 10.1. The number of aryl methyl sites for hydroxylation is 2. The molecular weight excluding hydrogens is 340 g/mol. The standard InChI is InChI=1S/C22H28N2O3/c1-17-11-12-21(27-3)20(16-17)24(18(2)25)15-13-22(26)23-14-7-10-19-8-5-4-6-9-19/h4-6,8-9,11-12,16H,7,10,13-15H2,1-3H3,(H,23,26). The first kappa shape index (κ1) is 20.5. The summed E-state index contributed by atoms with van der Waals surface area (Å²) in [4.78, 5) is 25.8. The van der Waals surface area contributed by atoms with Gasteiger partial charge < -0.3 is 15.0 Å². The Morgan fingerprint density at radius 3 is 2.52 bits per heavy atom. The van der Waals surface area contributed by atoms with Crippen LogP contribution in [0.4, 0.5) is 5.69 Å². The van der Waals surface area contributed by atoms with E-state index in [0.29, 0.717) is 24.5 Å². The normalized spacial score (nSPS) is 10.3. The summed E-state index contributed by atoms with van der Waals surface area (Å²) in [7, 11) is 1.58. The number of hydrogen-bond acceptors (Lipinski definition) is 3. The van der Waals surface area contributed by atoms with Crippen LogP contribution in [0.1, 0.15) is 30.9 Å². The molecule has 0 heterocycles. The quantitative estimate of drug-likeness (QED) is 0.689. The predicted octanol–water partition coefficient (Wildman–Crippen LogP) is 3.50. The highest BCUT2D eigenvalue weighted by Gasteiger charge is 2.17. The number of methoxy groups -OCH3 is 1. The maximum atomic E-state index is 12.2. The third-order valence-corrected chi connectivity index (χ3v) is 4.37. The molecule has 2 amide bonds. The molecule has 5 nitrogen and oxygen atoms in total. The lowest BCUT2D eigenvalue weighted by Gasteiger charge is -2.23. The first-order valence-electron chi connectivity index (χ1n) is 9.24. The topological polar surface area (TPSA) is 58.6 Å². The minimum Gasteiger partial charge on any atom is -0.495 e. The summed E-state index contributed by atoms with van der Waals surface area (Å²) >= 11 is 0. The van der Waals surface area contributed by atoms with Crippen LogP contribution in [0.3, 0.4) is 0 Å². The van der Waals surface area contributed by atoms with Gasteiger partial charge in [-0.15, -0.1) is 0 Å². The molecular formula is C22H28N2O3. The van der Waals surface area contributed by atoms with Crippen molar-refractivity contribution in [2.75, 3.05) is 25.1 Å². The molecule has 0 aliphatic heterocycles. The van der Waals surface area contributed by atoms with E-state index in [2.05, 4.69) is 17.4 Å². The molecule has 0 fully saturated rings. The zero-order valence-electron chi connectivity index (χ0n) is 16.3. The van der Waals surface area contributed by atoms with Gasteiger partial charge in [-0.2, -0.15) is 0 Å². The zero-order valence-corrected chi connectivity index (χ0v) is 16.3. The molecule has 0 bridgehead atoms. The predicted molar refractivity (Wildman–Crippen MR) is 108 cm³/mol. The molecule has 0 saturated carbocycles. The minimum atomic E-state index is -0.115. The molecule has 5 heteroatoms. The minimum absolute atomic E-state index is 0.0547. The average Bonchev–Trinajstić information content (AvgIpc) is 2.66. The molecule has 2 aromatic rings. The van der Waals surface area contributed by atoms with Crippen LogP contribution in [0.25, 0.3) is 0 Å². The van der Waals surface area contributed by atoms with Crippen LogP contribution in [0.2, 0.25) is 0 Å². The summed E-state index contributed by atoms with van der Waals surface area (Å²) in [5.74, 6) is 0.454. The van der Waals surface area contributed by atoms with Crippen LogP contribution in [0.15, 0.2) is 48.5 Å². The van der Waals surface area contributed by atoms with Crippen LogP contribution < -0.4 is 15.0 Å². The van der Waals surface area contributed by atoms with E-state index >= 15 is 0 Å². The van der Waals surface area contributed by atoms with Gasteiger partial charge in [-0.1, -0.05) is 36.4 Å². The Bertz CT molecular complexity index is 759. The highest BCUT2D eigenvalue weighted by atomic mass is 16.5. The first-order valence-corrected chi connectivity index (χ1v) is 9.24. The molecule has 0 aromatic heterocycles. The number of anilines is 1. The third kappa shape index (κ3) is 6.44. The van der Waals surface area contributed by atoms with Crippen LogP contribution >= 0.6 is 0 Å². The second-order valence-electron chi connectivity index (χ2n) is 6.54. The fourth-order valence-corrected chi connectivity index (χ4v) is 2.93. The van der Waals surface area contributed by atoms with E-state index in [1.807, 2.05) is 43.3 Å². The molecule has 0 radical (unpaired) electrons. The van der Waals surface area contributed by atoms with E-state index in [4.69, 9.17) is 4.74 Å². The summed E-state index contributed by atoms with van der Waals surface area (Å²) in [6.07, 6.45) is 2.07. The number of ether oxygens (including phenoxy) is 1. The number of amides is 2. The van der Waals surface area contributed by atoms with E-state index in [-0.39, 0.29) is 18.2 Å². The monoisotopic (exact) mass is 368 g/mol. The van der Waals surface area contributed by atoms with E-state index in [1.165, 1.54) is 12.5 Å². The Morgan fingerprint density at radius 1 is 1.11 bits per heavy atom. The van der Waals surface area contributed by atoms with Crippen molar-refractivity contribution in [3.8, 4) is 5.75 Å². The van der Waals surface area contributed by atoms with Crippen molar-refractivity contribution in [2.24, 2.45) is 0 Å². The van der Waals surface area contributed by atoms with Crippen LogP contribution in [-0.4, -0.2) is 32.0 Å². The van der Waals surface area contributed by atoms with Gasteiger partial charge in [0.25, 0.3) is 0 Å². The largest absolute Gasteiger partial charge is 0.495 e. The second kappa shape index (κ2) is 10.4. The van der Waals surface area contributed by atoms with Crippen molar-refractivity contribution < 1.29 is 14.3 Å². The molecule has 2 aromatic carbocycles. The van der Waals surface area contributed by atoms with Crippen molar-refractivity contribution in [2.45, 2.75) is 33.1 Å². The van der Waals surface area contributed by atoms with Gasteiger partial charge in [0.1, 0.15) is 5.75 Å². The number of nitrogens with one attached hydrogen (secondary N) is 1. The Morgan fingerprint density at radius 2 is 1.85 bits per heavy atom. The number of carbonyl (C=O) groups excluding carboxylic acids is 2. The van der Waals surface area contributed by atoms with Gasteiger partial charge in [-0.25, -0.2) is 0 Å². The van der Waals surface area contributed by atoms with Gasteiger partial charge >= 0.3 is 0 Å². The van der Waals surface area contributed by atoms with E-state index in [1.54, 1.807) is 12.0 Å². The summed E-state index contributed by atoms with van der Waals surface area (Å²) < 4.78 is 5.37. The highest BCUT2D eigenvalue weighted by molar-refractivity contribution is 5.94. The molecule has 0 aliphatic carbocycles. The average molecular weight is 368 g/mol. The van der Waals surface area contributed by atoms with Crippen molar-refractivity contribution in [1.82, 2.24) is 5.32 Å². The third-order valence-electron chi connectivity index (χ3n) is 4.37. The Hall–Kier alpha value is -2.82. The van der Waals surface area contributed by atoms with Crippen LogP contribution in [0, 0.1) is 6.92 Å². The number of hydrogen-bond donors (Lipinski definition) is 1. The smallest absolute Gasteiger partial charge is 0.223 e. The lowest BCUT2D eigenvalue weighted by molar-refractivity contribution is -0.121. The molecule has 27 heavy (non-hydrogen) atoms. The van der Waals surface area contributed by atoms with Gasteiger partial charge in [-0.3, -0.25) is 9.59 Å². The Kier molecular flexibility index (Phi) is 7.86. The molecule has 0 saturated heterocycles. The van der Waals surface area contributed by atoms with E-state index < -0.39 is 0 Å². The highest BCUT2D eigenvalue weighted by Crippen LogP contribution is 2.29. The van der Waals surface area contributed by atoms with Crippen molar-refractivity contribution in [1.29, 1.82) is 0 Å². The molecule has 2 rings (SSSR count). The first-order chi connectivity index (χ1) is 13.0. The van der Waals surface area contributed by atoms with Gasteiger partial charge in [-0.05, 0) is 43.0 Å². The molecule has 0 atom stereocenters. The van der Waals surface area contributed by atoms with Gasteiger partial charge in [0.05, 0.1) is 12.8 Å². The number of carbonyl (C=O) groups is 2. The molecule has 144 valence electrons. The number of rotatable bonds is 9. The van der Waals surface area contributed by atoms with Crippen LogP contribution in [-0.2, 0) is 16.0 Å². The number of nitrogens with zero attached hydrogens (tertiary/aromatic N) is 1. The second-order valence-corrected chi connectivity index (χ2v) is 6.54. The van der Waals surface area contributed by atoms with Crippen molar-refractivity contribution in [3.05, 3.63) is 59.7 Å². The zero-order chi connectivity index (χ0) is 19.6. The Labute approximate surface area is 161 Å². The summed E-state index contributed by atoms with van der Waals surface area (Å²) in [6.45, 7) is 4.40. The fourth-order valence-electron chi connectivity index (χ4n) is 2.93. The van der Waals surface area contributed by atoms with E-state index in [9.17, 15) is 9.59 Å².